The lowest BCUT2D eigenvalue weighted by atomic mass is 9.89. The van der Waals surface area contributed by atoms with Gasteiger partial charge in [0.15, 0.2) is 17.3 Å². The lowest BCUT2D eigenvalue weighted by molar-refractivity contribution is -0.137. The number of amides is 6. The molecule has 0 saturated carbocycles. The highest BCUT2D eigenvalue weighted by Crippen LogP contribution is 2.19. The minimum absolute atomic E-state index is 0.0967. The molecule has 0 aromatic heterocycles. The van der Waals surface area contributed by atoms with E-state index in [2.05, 4.69) is 16.0 Å². The summed E-state index contributed by atoms with van der Waals surface area (Å²) in [6.45, 7) is 3.19. The second-order valence-electron chi connectivity index (χ2n) is 13.9. The topological polar surface area (TPSA) is 325 Å². The number of ketones is 4. The molecule has 310 valence electrons. The van der Waals surface area contributed by atoms with Crippen LogP contribution in [0.5, 0.6) is 0 Å². The highest BCUT2D eigenvalue weighted by atomic mass is 16.3. The van der Waals surface area contributed by atoms with Gasteiger partial charge in [-0.25, -0.2) is 0 Å². The highest BCUT2D eigenvalue weighted by molar-refractivity contribution is 5.97. The second-order valence-corrected chi connectivity index (χ2v) is 13.9. The van der Waals surface area contributed by atoms with E-state index in [0.29, 0.717) is 0 Å². The van der Waals surface area contributed by atoms with Crippen molar-refractivity contribution < 1.29 is 58.2 Å². The number of hydrogen-bond acceptors (Lipinski definition) is 12. The SMILES string of the molecule is CCC(=O)[C@H](Cc1ccccc1)NC(=O)[C@@H](CC(=O)[C@H](CCC(N)=O)NC(=O)[C@H](CCC(N)=O)CC(=O)[C@H](CO)NC(=O)[C@H](CCC(N)=O)CC(C)=O)C(C)O. The maximum absolute atomic E-state index is 13.7. The summed E-state index contributed by atoms with van der Waals surface area (Å²) in [5, 5.41) is 27.9. The van der Waals surface area contributed by atoms with Crippen molar-refractivity contribution in [3.63, 3.8) is 0 Å². The highest BCUT2D eigenvalue weighted by Gasteiger charge is 2.35. The summed E-state index contributed by atoms with van der Waals surface area (Å²) in [7, 11) is 0. The van der Waals surface area contributed by atoms with Crippen LogP contribution in [0, 0.1) is 17.8 Å². The summed E-state index contributed by atoms with van der Waals surface area (Å²) in [5.41, 5.74) is 16.5. The summed E-state index contributed by atoms with van der Waals surface area (Å²) >= 11 is 0. The third-order valence-corrected chi connectivity index (χ3v) is 9.15. The number of benzene rings is 1. The van der Waals surface area contributed by atoms with E-state index in [-0.39, 0.29) is 62.9 Å². The smallest absolute Gasteiger partial charge is 0.226 e. The van der Waals surface area contributed by atoms with E-state index in [9.17, 15) is 58.2 Å². The summed E-state index contributed by atoms with van der Waals surface area (Å²) < 4.78 is 0. The van der Waals surface area contributed by atoms with Crippen LogP contribution in [-0.2, 0) is 54.4 Å². The van der Waals surface area contributed by atoms with E-state index < -0.39 is 115 Å². The Morgan fingerprint density at radius 1 is 0.625 bits per heavy atom. The molecule has 18 heteroatoms. The number of nitrogens with two attached hydrogens (primary N) is 3. The van der Waals surface area contributed by atoms with Crippen molar-refractivity contribution in [1.29, 1.82) is 0 Å². The van der Waals surface area contributed by atoms with Crippen LogP contribution in [0.25, 0.3) is 0 Å². The Balaban J connectivity index is 3.27. The lowest BCUT2D eigenvalue weighted by Crippen LogP contribution is -2.50. The molecule has 1 rings (SSSR count). The number of hydrogen-bond donors (Lipinski definition) is 8. The normalized spacial score (nSPS) is 14.7. The molecule has 0 spiro atoms. The Labute approximate surface area is 325 Å². The van der Waals surface area contributed by atoms with Crippen LogP contribution < -0.4 is 33.2 Å². The van der Waals surface area contributed by atoms with Crippen molar-refractivity contribution >= 4 is 58.6 Å². The van der Waals surface area contributed by atoms with Crippen molar-refractivity contribution in [2.24, 2.45) is 35.0 Å². The predicted octanol–water partition coefficient (Wildman–Crippen LogP) is -1.42. The van der Waals surface area contributed by atoms with Gasteiger partial charge < -0.3 is 48.2 Å². The molecule has 0 saturated heterocycles. The fraction of sp³-hybridized carbons (Fsp3) is 0.579. The summed E-state index contributed by atoms with van der Waals surface area (Å²) in [6.07, 6.45) is -4.54. The molecule has 0 radical (unpaired) electrons. The molecule has 0 fully saturated rings. The summed E-state index contributed by atoms with van der Waals surface area (Å²) in [6, 6.07) is 4.85. The average molecular weight is 789 g/mol. The van der Waals surface area contributed by atoms with Gasteiger partial charge >= 0.3 is 0 Å². The fourth-order valence-electron chi connectivity index (χ4n) is 5.89. The van der Waals surface area contributed by atoms with Crippen LogP contribution >= 0.6 is 0 Å². The maximum atomic E-state index is 13.7. The molecule has 56 heavy (non-hydrogen) atoms. The number of primary amides is 3. The molecule has 0 heterocycles. The predicted molar refractivity (Wildman–Crippen MR) is 200 cm³/mol. The molecule has 6 amide bonds. The first-order chi connectivity index (χ1) is 26.3. The van der Waals surface area contributed by atoms with Crippen LogP contribution in [0.2, 0.25) is 0 Å². The Kier molecular flexibility index (Phi) is 21.7. The van der Waals surface area contributed by atoms with Crippen LogP contribution in [0.15, 0.2) is 30.3 Å². The number of aliphatic hydroxyl groups is 2. The largest absolute Gasteiger partial charge is 0.394 e. The molecule has 0 aliphatic heterocycles. The molecule has 18 nitrogen and oxygen atoms in total. The standard InChI is InChI=1S/C38H56N6O12/c1-4-30(48)28(17-23-8-6-5-7-9-23)43-38(56)26(22(3)47)19-32(50)27(12-15-35(41)53)42-37(55)25(11-14-34(40)52)18-31(49)29(20-45)44-36(54)24(16-21(2)46)10-13-33(39)51/h5-9,22,24-29,45,47H,4,10-20H2,1-3H3,(H2,39,51)(H2,40,52)(H2,41,53)(H,42,55)(H,43,56)(H,44,54)/t22?,24-,25-,26+,27+,28+,29+/m1/s1. The Bertz CT molecular complexity index is 1570. The molecule has 1 unspecified atom stereocenters. The molecule has 11 N–H and O–H groups in total. The minimum atomic E-state index is -1.57. The number of Topliss-reactive ketones (excluding diaryl/α,β-unsaturated/α-hetero) is 4. The Hall–Kier alpha value is -5.36. The van der Waals surface area contributed by atoms with E-state index in [0.717, 1.165) is 5.56 Å². The van der Waals surface area contributed by atoms with Gasteiger partial charge in [-0.1, -0.05) is 37.3 Å². The van der Waals surface area contributed by atoms with Crippen LogP contribution in [0.1, 0.15) is 90.5 Å². The van der Waals surface area contributed by atoms with Crippen LogP contribution in [0.3, 0.4) is 0 Å². The first-order valence-corrected chi connectivity index (χ1v) is 18.5. The van der Waals surface area contributed by atoms with E-state index in [1.54, 1.807) is 37.3 Å². The average Bonchev–Trinajstić information content (AvgIpc) is 3.13. The molecule has 7 atom stereocenters. The van der Waals surface area contributed by atoms with Gasteiger partial charge in [-0.15, -0.1) is 0 Å². The van der Waals surface area contributed by atoms with Gasteiger partial charge in [-0.05, 0) is 45.1 Å². The van der Waals surface area contributed by atoms with Gasteiger partial charge in [-0.3, -0.25) is 43.2 Å². The molecule has 1 aromatic rings. The molecule has 0 aliphatic carbocycles. The van der Waals surface area contributed by atoms with Gasteiger partial charge in [0.25, 0.3) is 0 Å². The number of carbonyl (C=O) groups excluding carboxylic acids is 10. The second kappa shape index (κ2) is 24.9. The van der Waals surface area contributed by atoms with E-state index in [4.69, 9.17) is 17.2 Å². The van der Waals surface area contributed by atoms with Crippen molar-refractivity contribution in [2.45, 2.75) is 116 Å². The number of nitrogens with one attached hydrogen (secondary N) is 3. The summed E-state index contributed by atoms with van der Waals surface area (Å²) in [5.74, 6) is -11.1. The zero-order chi connectivity index (χ0) is 42.5. The van der Waals surface area contributed by atoms with Crippen LogP contribution in [0.4, 0.5) is 0 Å². The molecule has 0 bridgehead atoms. The summed E-state index contributed by atoms with van der Waals surface area (Å²) in [4.78, 5) is 126. The monoisotopic (exact) mass is 788 g/mol. The first-order valence-electron chi connectivity index (χ1n) is 18.5. The number of rotatable bonds is 29. The number of aliphatic hydroxyl groups excluding tert-OH is 2. The quantitative estimate of drug-likeness (QED) is 0.0464. The third kappa shape index (κ3) is 18.3. The van der Waals surface area contributed by atoms with Crippen LogP contribution in [-0.4, -0.2) is 99.6 Å². The molecule has 1 aromatic carbocycles. The van der Waals surface area contributed by atoms with Gasteiger partial charge in [0.1, 0.15) is 11.8 Å². The van der Waals surface area contributed by atoms with E-state index in [1.165, 1.54) is 13.8 Å². The van der Waals surface area contributed by atoms with Gasteiger partial charge in [0, 0.05) is 56.8 Å². The van der Waals surface area contributed by atoms with Crippen molar-refractivity contribution in [3.8, 4) is 0 Å². The molecular formula is C38H56N6O12. The maximum Gasteiger partial charge on any atom is 0.226 e. The van der Waals surface area contributed by atoms with Crippen molar-refractivity contribution in [1.82, 2.24) is 16.0 Å². The van der Waals surface area contributed by atoms with Crippen molar-refractivity contribution in [3.05, 3.63) is 35.9 Å². The Morgan fingerprint density at radius 2 is 1.09 bits per heavy atom. The Morgan fingerprint density at radius 3 is 1.55 bits per heavy atom. The molecular weight excluding hydrogens is 732 g/mol. The zero-order valence-electron chi connectivity index (χ0n) is 32.1. The van der Waals surface area contributed by atoms with Gasteiger partial charge in [0.2, 0.25) is 35.4 Å². The van der Waals surface area contributed by atoms with Gasteiger partial charge in [-0.2, -0.15) is 0 Å². The van der Waals surface area contributed by atoms with E-state index in [1.807, 2.05) is 0 Å². The molecule has 0 aliphatic rings. The third-order valence-electron chi connectivity index (χ3n) is 9.15. The zero-order valence-corrected chi connectivity index (χ0v) is 32.1. The number of carbonyl (C=O) groups is 10. The van der Waals surface area contributed by atoms with Crippen molar-refractivity contribution in [2.75, 3.05) is 6.61 Å². The minimum Gasteiger partial charge on any atom is -0.394 e. The lowest BCUT2D eigenvalue weighted by Gasteiger charge is -2.26. The van der Waals surface area contributed by atoms with Gasteiger partial charge in [0.05, 0.1) is 30.7 Å². The fourth-order valence-corrected chi connectivity index (χ4v) is 5.89. The first kappa shape index (κ1) is 48.7. The van der Waals surface area contributed by atoms with E-state index >= 15 is 0 Å².